The second kappa shape index (κ2) is 10.8. The fourth-order valence-corrected chi connectivity index (χ4v) is 5.39. The number of carbonyl (C=O) groups is 2. The Kier molecular flexibility index (Phi) is 7.68. The molecule has 4 rings (SSSR count). The monoisotopic (exact) mass is 540 g/mol. The van der Waals surface area contributed by atoms with Crippen molar-refractivity contribution in [2.75, 3.05) is 7.11 Å². The highest BCUT2D eigenvalue weighted by atomic mass is 35.5. The van der Waals surface area contributed by atoms with E-state index in [1.807, 2.05) is 31.2 Å². The number of methoxy groups -OCH3 is 1. The third-order valence-corrected chi connectivity index (χ3v) is 7.87. The molecule has 192 valence electrons. The van der Waals surface area contributed by atoms with Gasteiger partial charge in [-0.15, -0.1) is 0 Å². The molecular formula is C27H25ClN2O6S. The zero-order valence-corrected chi connectivity index (χ0v) is 22.0. The molecule has 0 bridgehead atoms. The molecule has 0 aliphatic carbocycles. The quantitative estimate of drug-likeness (QED) is 0.331. The molecule has 3 aromatic rings. The number of allylic oxidation sites excluding steroid dienone is 1. The minimum absolute atomic E-state index is 0.0626. The topological polar surface area (TPSA) is 106 Å². The SMILES string of the molecule is COC(=O)C1=C(C)NC(=O)/C1=C/c1ccc(CN(Cc2ccc(C)cc2)S(=O)(=O)c2ccc(Cl)cc2)o1. The van der Waals surface area contributed by atoms with Crippen molar-refractivity contribution in [1.82, 2.24) is 9.62 Å². The average Bonchev–Trinajstić information content (AvgIpc) is 3.42. The first-order valence-corrected chi connectivity index (χ1v) is 13.1. The number of sulfonamides is 1. The highest BCUT2D eigenvalue weighted by Gasteiger charge is 2.31. The van der Waals surface area contributed by atoms with E-state index in [1.54, 1.807) is 19.1 Å². The number of aryl methyl sites for hydroxylation is 1. The molecule has 37 heavy (non-hydrogen) atoms. The van der Waals surface area contributed by atoms with Gasteiger partial charge in [0.25, 0.3) is 5.91 Å². The molecule has 0 radical (unpaired) electrons. The van der Waals surface area contributed by atoms with Crippen LogP contribution in [0.4, 0.5) is 0 Å². The summed E-state index contributed by atoms with van der Waals surface area (Å²) in [5.41, 5.74) is 2.48. The predicted molar refractivity (Wildman–Crippen MR) is 139 cm³/mol. The first kappa shape index (κ1) is 26.4. The largest absolute Gasteiger partial charge is 0.465 e. The van der Waals surface area contributed by atoms with Crippen LogP contribution >= 0.6 is 11.6 Å². The second-order valence-corrected chi connectivity index (χ2v) is 10.9. The molecule has 1 aromatic heterocycles. The summed E-state index contributed by atoms with van der Waals surface area (Å²) in [5, 5.41) is 3.03. The highest BCUT2D eigenvalue weighted by Crippen LogP contribution is 2.27. The number of halogens is 1. The van der Waals surface area contributed by atoms with Crippen LogP contribution in [0.2, 0.25) is 5.02 Å². The van der Waals surface area contributed by atoms with Gasteiger partial charge in [-0.05, 0) is 61.9 Å². The Labute approximate surface area is 220 Å². The maximum Gasteiger partial charge on any atom is 0.340 e. The van der Waals surface area contributed by atoms with Crippen molar-refractivity contribution in [2.24, 2.45) is 0 Å². The van der Waals surface area contributed by atoms with Crippen LogP contribution in [-0.2, 0) is 37.4 Å². The van der Waals surface area contributed by atoms with Crippen LogP contribution in [-0.4, -0.2) is 31.7 Å². The smallest absolute Gasteiger partial charge is 0.340 e. The van der Waals surface area contributed by atoms with E-state index in [1.165, 1.54) is 41.8 Å². The summed E-state index contributed by atoms with van der Waals surface area (Å²) >= 11 is 5.96. The van der Waals surface area contributed by atoms with Crippen LogP contribution in [0.1, 0.15) is 29.6 Å². The van der Waals surface area contributed by atoms with Gasteiger partial charge in [-0.1, -0.05) is 41.4 Å². The molecule has 0 atom stereocenters. The lowest BCUT2D eigenvalue weighted by Crippen LogP contribution is -2.30. The van der Waals surface area contributed by atoms with Crippen LogP contribution in [0.15, 0.2) is 86.8 Å². The molecule has 8 nitrogen and oxygen atoms in total. The zero-order valence-electron chi connectivity index (χ0n) is 20.4. The number of hydrogen-bond acceptors (Lipinski definition) is 6. The van der Waals surface area contributed by atoms with Crippen molar-refractivity contribution in [2.45, 2.75) is 31.8 Å². The number of esters is 1. The first-order chi connectivity index (χ1) is 17.6. The lowest BCUT2D eigenvalue weighted by Gasteiger charge is -2.21. The van der Waals surface area contributed by atoms with E-state index < -0.39 is 21.9 Å². The summed E-state index contributed by atoms with van der Waals surface area (Å²) in [4.78, 5) is 24.6. The Balaban J connectivity index is 1.65. The van der Waals surface area contributed by atoms with E-state index in [9.17, 15) is 18.0 Å². The Hall–Kier alpha value is -3.66. The first-order valence-electron chi connectivity index (χ1n) is 11.3. The van der Waals surface area contributed by atoms with Gasteiger partial charge in [-0.25, -0.2) is 13.2 Å². The molecule has 0 saturated carbocycles. The number of ether oxygens (including phenoxy) is 1. The number of furan rings is 1. The Morgan fingerprint density at radius 1 is 1.03 bits per heavy atom. The van der Waals surface area contributed by atoms with E-state index in [-0.39, 0.29) is 34.9 Å². The maximum atomic E-state index is 13.6. The Morgan fingerprint density at radius 2 is 1.70 bits per heavy atom. The van der Waals surface area contributed by atoms with Crippen LogP contribution in [0.5, 0.6) is 0 Å². The zero-order chi connectivity index (χ0) is 26.7. The van der Waals surface area contributed by atoms with Crippen molar-refractivity contribution in [3.05, 3.63) is 105 Å². The van der Waals surface area contributed by atoms with E-state index in [2.05, 4.69) is 5.32 Å². The lowest BCUT2D eigenvalue weighted by molar-refractivity contribution is -0.136. The molecule has 1 amide bonds. The summed E-state index contributed by atoms with van der Waals surface area (Å²) in [6.45, 7) is 3.60. The molecule has 0 saturated heterocycles. The fraction of sp³-hybridized carbons (Fsp3) is 0.185. The van der Waals surface area contributed by atoms with Gasteiger partial charge in [-0.2, -0.15) is 4.31 Å². The van der Waals surface area contributed by atoms with E-state index in [0.29, 0.717) is 16.5 Å². The summed E-state index contributed by atoms with van der Waals surface area (Å²) in [6, 6.07) is 16.8. The standard InChI is InChI=1S/C27H25ClN2O6S/c1-17-4-6-19(7-5-17)15-30(37(33,34)23-12-8-20(28)9-13-23)16-22-11-10-21(36-22)14-24-25(27(32)35-3)18(2)29-26(24)31/h4-14H,15-16H2,1-3H3,(H,29,31)/b24-14+. The fourth-order valence-electron chi connectivity index (χ4n) is 3.87. The van der Waals surface area contributed by atoms with Gasteiger partial charge in [0.15, 0.2) is 0 Å². The summed E-state index contributed by atoms with van der Waals surface area (Å²) in [6.07, 6.45) is 1.43. The van der Waals surface area contributed by atoms with Crippen LogP contribution < -0.4 is 5.32 Å². The van der Waals surface area contributed by atoms with Crippen LogP contribution in [0, 0.1) is 6.92 Å². The normalized spacial score (nSPS) is 14.9. The van der Waals surface area contributed by atoms with Gasteiger partial charge < -0.3 is 14.5 Å². The molecule has 2 aromatic carbocycles. The van der Waals surface area contributed by atoms with Gasteiger partial charge in [0, 0.05) is 17.3 Å². The van der Waals surface area contributed by atoms with Gasteiger partial charge >= 0.3 is 5.97 Å². The molecule has 1 N–H and O–H groups in total. The van der Waals surface area contributed by atoms with Crippen LogP contribution in [0.25, 0.3) is 6.08 Å². The van der Waals surface area contributed by atoms with E-state index >= 15 is 0 Å². The Morgan fingerprint density at radius 3 is 2.35 bits per heavy atom. The Bertz CT molecular complexity index is 1500. The average molecular weight is 541 g/mol. The van der Waals surface area contributed by atoms with Crippen LogP contribution in [0.3, 0.4) is 0 Å². The van der Waals surface area contributed by atoms with E-state index in [0.717, 1.165) is 11.1 Å². The lowest BCUT2D eigenvalue weighted by atomic mass is 10.1. The summed E-state index contributed by atoms with van der Waals surface area (Å²) < 4.78 is 39.1. The van der Waals surface area contributed by atoms with Crippen molar-refractivity contribution in [3.63, 3.8) is 0 Å². The molecular weight excluding hydrogens is 516 g/mol. The number of nitrogens with one attached hydrogen (secondary N) is 1. The molecule has 0 spiro atoms. The molecule has 0 unspecified atom stereocenters. The molecule has 1 aliphatic heterocycles. The van der Waals surface area contributed by atoms with Crippen molar-refractivity contribution in [3.8, 4) is 0 Å². The van der Waals surface area contributed by atoms with Crippen molar-refractivity contribution < 1.29 is 27.2 Å². The maximum absolute atomic E-state index is 13.6. The number of hydrogen-bond donors (Lipinski definition) is 1. The second-order valence-electron chi connectivity index (χ2n) is 8.52. The third kappa shape index (κ3) is 5.85. The van der Waals surface area contributed by atoms with Gasteiger partial charge in [0.05, 0.1) is 29.7 Å². The number of benzene rings is 2. The molecule has 10 heteroatoms. The number of nitrogens with zero attached hydrogens (tertiary/aromatic N) is 1. The number of carbonyl (C=O) groups excluding carboxylic acids is 2. The van der Waals surface area contributed by atoms with Crippen molar-refractivity contribution in [1.29, 1.82) is 0 Å². The third-order valence-electron chi connectivity index (χ3n) is 5.81. The van der Waals surface area contributed by atoms with Gasteiger partial charge in [0.1, 0.15) is 11.5 Å². The predicted octanol–water partition coefficient (Wildman–Crippen LogP) is 4.59. The van der Waals surface area contributed by atoms with E-state index in [4.69, 9.17) is 20.8 Å². The number of amides is 1. The van der Waals surface area contributed by atoms with Gasteiger partial charge in [-0.3, -0.25) is 4.79 Å². The minimum atomic E-state index is -3.91. The molecule has 0 fully saturated rings. The number of rotatable bonds is 8. The summed E-state index contributed by atoms with van der Waals surface area (Å²) in [7, 11) is -2.68. The minimum Gasteiger partial charge on any atom is -0.465 e. The summed E-state index contributed by atoms with van der Waals surface area (Å²) in [5.74, 6) is -0.458. The van der Waals surface area contributed by atoms with Crippen molar-refractivity contribution >= 4 is 39.6 Å². The molecule has 2 heterocycles. The highest BCUT2D eigenvalue weighted by molar-refractivity contribution is 7.89. The van der Waals surface area contributed by atoms with Gasteiger partial charge in [0.2, 0.25) is 10.0 Å². The molecule has 1 aliphatic rings.